The van der Waals surface area contributed by atoms with Gasteiger partial charge in [0, 0.05) is 8.96 Å². The zero-order valence-electron chi connectivity index (χ0n) is 8.23. The van der Waals surface area contributed by atoms with Gasteiger partial charge in [-0.05, 0) is 60.3 Å². The Labute approximate surface area is 96.8 Å². The molecule has 0 saturated heterocycles. The molecule has 0 aliphatic carbocycles. The fraction of sp³-hybridized carbons (Fsp3) is 0.273. The quantitative estimate of drug-likeness (QED) is 0.862. The maximum absolute atomic E-state index is 5.73. The molecule has 0 saturated carbocycles. The Hall–Kier alpha value is -0.550. The van der Waals surface area contributed by atoms with Crippen LogP contribution in [0.5, 0.6) is 0 Å². The van der Waals surface area contributed by atoms with E-state index in [1.165, 1.54) is 14.5 Å². The molecular formula is C11H12INO. The molecule has 1 heterocycles. The van der Waals surface area contributed by atoms with Gasteiger partial charge in [0.05, 0.1) is 6.54 Å². The first-order valence-corrected chi connectivity index (χ1v) is 5.62. The van der Waals surface area contributed by atoms with Crippen LogP contribution in [0.15, 0.2) is 22.6 Å². The van der Waals surface area contributed by atoms with Crippen LogP contribution in [0, 0.1) is 10.5 Å². The van der Waals surface area contributed by atoms with Crippen LogP contribution >= 0.6 is 22.6 Å². The third-order valence-corrected chi connectivity index (χ3v) is 3.01. The molecule has 0 amide bonds. The second-order valence-electron chi connectivity index (χ2n) is 3.32. The highest BCUT2D eigenvalue weighted by Gasteiger charge is 2.09. The van der Waals surface area contributed by atoms with Gasteiger partial charge >= 0.3 is 0 Å². The minimum atomic E-state index is 0.789. The van der Waals surface area contributed by atoms with E-state index in [0.29, 0.717) is 0 Å². The summed E-state index contributed by atoms with van der Waals surface area (Å²) in [5.41, 5.74) is 2.22. The molecule has 0 aliphatic heterocycles. The molecule has 74 valence electrons. The number of hydrogen-bond donors (Lipinski definition) is 1. The minimum absolute atomic E-state index is 0.789. The van der Waals surface area contributed by atoms with E-state index in [0.717, 1.165) is 17.9 Å². The number of furan rings is 1. The molecule has 14 heavy (non-hydrogen) atoms. The van der Waals surface area contributed by atoms with Crippen LogP contribution in [-0.2, 0) is 6.54 Å². The lowest BCUT2D eigenvalue weighted by atomic mass is 10.1. The first-order chi connectivity index (χ1) is 6.72. The zero-order valence-corrected chi connectivity index (χ0v) is 10.4. The van der Waals surface area contributed by atoms with Crippen molar-refractivity contribution in [1.29, 1.82) is 0 Å². The number of aryl methyl sites for hydroxylation is 1. The number of halogens is 1. The van der Waals surface area contributed by atoms with Crippen molar-refractivity contribution in [2.24, 2.45) is 0 Å². The molecule has 0 unspecified atom stereocenters. The number of hydrogen-bond acceptors (Lipinski definition) is 2. The lowest BCUT2D eigenvalue weighted by molar-refractivity contribution is 0.527. The van der Waals surface area contributed by atoms with Crippen LogP contribution in [0.1, 0.15) is 11.3 Å². The third kappa shape index (κ3) is 1.66. The van der Waals surface area contributed by atoms with Crippen LogP contribution in [0.4, 0.5) is 0 Å². The largest absolute Gasteiger partial charge is 0.459 e. The molecule has 1 N–H and O–H groups in total. The van der Waals surface area contributed by atoms with Gasteiger partial charge in [-0.15, -0.1) is 0 Å². The van der Waals surface area contributed by atoms with Gasteiger partial charge in [-0.1, -0.05) is 0 Å². The number of fused-ring (bicyclic) bond motifs is 1. The molecule has 1 aromatic heterocycles. The molecule has 3 heteroatoms. The molecule has 2 aromatic rings. The van der Waals surface area contributed by atoms with Gasteiger partial charge < -0.3 is 9.73 Å². The van der Waals surface area contributed by atoms with Crippen molar-refractivity contribution >= 4 is 33.6 Å². The van der Waals surface area contributed by atoms with Crippen molar-refractivity contribution < 1.29 is 4.42 Å². The van der Waals surface area contributed by atoms with Crippen LogP contribution in [0.3, 0.4) is 0 Å². The van der Waals surface area contributed by atoms with Crippen molar-refractivity contribution in [2.45, 2.75) is 13.5 Å². The maximum Gasteiger partial charge on any atom is 0.134 e. The van der Waals surface area contributed by atoms with E-state index in [9.17, 15) is 0 Å². The van der Waals surface area contributed by atoms with E-state index in [1.54, 1.807) is 0 Å². The van der Waals surface area contributed by atoms with Gasteiger partial charge in [-0.3, -0.25) is 0 Å². The predicted octanol–water partition coefficient (Wildman–Crippen LogP) is 3.07. The smallest absolute Gasteiger partial charge is 0.134 e. The summed E-state index contributed by atoms with van der Waals surface area (Å²) in [6.45, 7) is 2.89. The van der Waals surface area contributed by atoms with E-state index in [4.69, 9.17) is 4.42 Å². The summed E-state index contributed by atoms with van der Waals surface area (Å²) in [5.74, 6) is 1.03. The van der Waals surface area contributed by atoms with Crippen LogP contribution in [-0.4, -0.2) is 7.05 Å². The maximum atomic E-state index is 5.73. The molecule has 0 fully saturated rings. The van der Waals surface area contributed by atoms with Crippen LogP contribution in [0.2, 0.25) is 0 Å². The summed E-state index contributed by atoms with van der Waals surface area (Å²) in [6, 6.07) is 6.26. The Bertz CT molecular complexity index is 462. The highest BCUT2D eigenvalue weighted by molar-refractivity contribution is 14.1. The fourth-order valence-electron chi connectivity index (χ4n) is 1.57. The van der Waals surface area contributed by atoms with Gasteiger partial charge in [0.15, 0.2) is 0 Å². The molecule has 0 radical (unpaired) electrons. The average molecular weight is 301 g/mol. The first-order valence-electron chi connectivity index (χ1n) is 4.54. The lowest BCUT2D eigenvalue weighted by Gasteiger charge is -1.94. The molecule has 0 aliphatic rings. The Morgan fingerprint density at radius 2 is 2.21 bits per heavy atom. The topological polar surface area (TPSA) is 25.2 Å². The van der Waals surface area contributed by atoms with Crippen molar-refractivity contribution in [2.75, 3.05) is 7.05 Å². The number of nitrogens with one attached hydrogen (secondary N) is 1. The van der Waals surface area contributed by atoms with Crippen LogP contribution < -0.4 is 5.32 Å². The van der Waals surface area contributed by atoms with Crippen molar-refractivity contribution in [3.8, 4) is 0 Å². The van der Waals surface area contributed by atoms with Gasteiger partial charge in [-0.2, -0.15) is 0 Å². The van der Waals surface area contributed by atoms with Crippen LogP contribution in [0.25, 0.3) is 11.0 Å². The van der Waals surface area contributed by atoms with Crippen molar-refractivity contribution in [3.05, 3.63) is 33.1 Å². The standard InChI is InChI=1S/C11H12INO/c1-7-9-5-8(12)3-4-10(9)14-11(7)6-13-2/h3-5,13H,6H2,1-2H3. The van der Waals surface area contributed by atoms with Gasteiger partial charge in [0.2, 0.25) is 0 Å². The van der Waals surface area contributed by atoms with E-state index in [2.05, 4.69) is 47.0 Å². The highest BCUT2D eigenvalue weighted by Crippen LogP contribution is 2.26. The summed E-state index contributed by atoms with van der Waals surface area (Å²) in [4.78, 5) is 0. The van der Waals surface area contributed by atoms with Crippen molar-refractivity contribution in [1.82, 2.24) is 5.32 Å². The molecular weight excluding hydrogens is 289 g/mol. The van der Waals surface area contributed by atoms with E-state index < -0.39 is 0 Å². The SMILES string of the molecule is CNCc1oc2ccc(I)cc2c1C. The normalized spacial score (nSPS) is 11.1. The average Bonchev–Trinajstić information content (AvgIpc) is 2.46. The second kappa shape index (κ2) is 3.90. The Balaban J connectivity index is 2.62. The minimum Gasteiger partial charge on any atom is -0.459 e. The zero-order chi connectivity index (χ0) is 10.1. The number of benzene rings is 1. The second-order valence-corrected chi connectivity index (χ2v) is 4.57. The summed E-state index contributed by atoms with van der Waals surface area (Å²) in [7, 11) is 1.93. The number of rotatable bonds is 2. The molecule has 2 nitrogen and oxygen atoms in total. The lowest BCUT2D eigenvalue weighted by Crippen LogP contribution is -2.04. The molecule has 0 atom stereocenters. The van der Waals surface area contributed by atoms with Gasteiger partial charge in [-0.25, -0.2) is 0 Å². The van der Waals surface area contributed by atoms with E-state index in [-0.39, 0.29) is 0 Å². The van der Waals surface area contributed by atoms with Gasteiger partial charge in [0.25, 0.3) is 0 Å². The Kier molecular flexibility index (Phi) is 2.78. The van der Waals surface area contributed by atoms with E-state index in [1.807, 2.05) is 13.1 Å². The molecule has 0 bridgehead atoms. The van der Waals surface area contributed by atoms with Crippen molar-refractivity contribution in [3.63, 3.8) is 0 Å². The summed E-state index contributed by atoms with van der Waals surface area (Å²) < 4.78 is 6.97. The summed E-state index contributed by atoms with van der Waals surface area (Å²) >= 11 is 2.32. The van der Waals surface area contributed by atoms with E-state index >= 15 is 0 Å². The molecule has 2 rings (SSSR count). The Morgan fingerprint density at radius 1 is 1.43 bits per heavy atom. The predicted molar refractivity (Wildman–Crippen MR) is 66.4 cm³/mol. The Morgan fingerprint density at radius 3 is 2.93 bits per heavy atom. The first kappa shape index (κ1) is 9.98. The highest BCUT2D eigenvalue weighted by atomic mass is 127. The summed E-state index contributed by atoms with van der Waals surface area (Å²) in [5, 5.41) is 4.33. The third-order valence-electron chi connectivity index (χ3n) is 2.33. The fourth-order valence-corrected chi connectivity index (χ4v) is 2.06. The molecule has 1 aromatic carbocycles. The monoisotopic (exact) mass is 301 g/mol. The summed E-state index contributed by atoms with van der Waals surface area (Å²) in [6.07, 6.45) is 0. The van der Waals surface area contributed by atoms with Gasteiger partial charge in [0.1, 0.15) is 11.3 Å². The molecule has 0 spiro atoms.